The SMILES string of the molecule is CCCCC/C=C\C/C=C\CCCCCCCC(=O)O.O=C(O)CCC(=O)C(=O)O. The van der Waals surface area contributed by atoms with Gasteiger partial charge < -0.3 is 15.3 Å². The molecule has 0 aliphatic rings. The number of ketones is 1. The van der Waals surface area contributed by atoms with Crippen molar-refractivity contribution in [1.29, 1.82) is 0 Å². The van der Waals surface area contributed by atoms with Crippen LogP contribution in [0.4, 0.5) is 0 Å². The molecule has 0 aliphatic carbocycles. The first-order chi connectivity index (χ1) is 14.3. The van der Waals surface area contributed by atoms with Gasteiger partial charge in [-0.05, 0) is 38.5 Å². The van der Waals surface area contributed by atoms with Crippen molar-refractivity contribution in [2.24, 2.45) is 0 Å². The van der Waals surface area contributed by atoms with Crippen LogP contribution in [0.1, 0.15) is 96.8 Å². The Hall–Kier alpha value is -2.44. The van der Waals surface area contributed by atoms with Gasteiger partial charge in [0.25, 0.3) is 0 Å². The van der Waals surface area contributed by atoms with Crippen LogP contribution in [0, 0.1) is 0 Å². The number of allylic oxidation sites excluding steroid dienone is 4. The predicted molar refractivity (Wildman–Crippen MR) is 117 cm³/mol. The average molecular weight is 427 g/mol. The number of hydrogen-bond acceptors (Lipinski definition) is 4. The van der Waals surface area contributed by atoms with Crippen molar-refractivity contribution in [3.05, 3.63) is 24.3 Å². The van der Waals surface area contributed by atoms with E-state index in [2.05, 4.69) is 31.2 Å². The maximum Gasteiger partial charge on any atom is 0.372 e. The Bertz CT molecular complexity index is 536. The number of rotatable bonds is 18. The molecule has 0 fully saturated rings. The Labute approximate surface area is 179 Å². The molecule has 0 saturated carbocycles. The van der Waals surface area contributed by atoms with Gasteiger partial charge in [-0.3, -0.25) is 14.4 Å². The van der Waals surface area contributed by atoms with Crippen LogP contribution in [0.15, 0.2) is 24.3 Å². The predicted octanol–water partition coefficient (Wildman–Crippen LogP) is 5.39. The lowest BCUT2D eigenvalue weighted by Gasteiger charge is -1.98. The van der Waals surface area contributed by atoms with Crippen LogP contribution >= 0.6 is 0 Å². The standard InChI is InChI=1S/C18H32O2.C5H6O5/c1-2-3-4-5-6-7-8-9-10-11-12-13-14-15-16-17-18(19)20;6-3(5(9)10)1-2-4(7)8/h6-7,9-10H,2-5,8,11-17H2,1H3,(H,19,20);1-2H2,(H,7,8)(H,9,10)/b7-6-,10-9-;. The maximum absolute atomic E-state index is 10.3. The molecule has 172 valence electrons. The summed E-state index contributed by atoms with van der Waals surface area (Å²) in [6.45, 7) is 2.23. The fraction of sp³-hybridized carbons (Fsp3) is 0.652. The number of carboxylic acid groups (broad SMARTS) is 3. The third-order valence-corrected chi connectivity index (χ3v) is 4.15. The lowest BCUT2D eigenvalue weighted by molar-refractivity contribution is -0.149. The van der Waals surface area contributed by atoms with Gasteiger partial charge in [0, 0.05) is 12.8 Å². The second kappa shape index (κ2) is 22.8. The zero-order valence-electron chi connectivity index (χ0n) is 18.2. The van der Waals surface area contributed by atoms with Crippen LogP contribution in [0.5, 0.6) is 0 Å². The summed E-state index contributed by atoms with van der Waals surface area (Å²) in [5.41, 5.74) is 0. The molecule has 30 heavy (non-hydrogen) atoms. The fourth-order valence-electron chi connectivity index (χ4n) is 2.42. The molecule has 3 N–H and O–H groups in total. The first kappa shape index (κ1) is 29.8. The molecule has 0 aliphatic heterocycles. The maximum atomic E-state index is 10.3. The van der Waals surface area contributed by atoms with Crippen molar-refractivity contribution in [3.8, 4) is 0 Å². The summed E-state index contributed by atoms with van der Waals surface area (Å²) in [5, 5.41) is 24.5. The molecule has 0 bridgehead atoms. The van der Waals surface area contributed by atoms with Gasteiger partial charge in [0.05, 0.1) is 6.42 Å². The van der Waals surface area contributed by atoms with E-state index >= 15 is 0 Å². The molecule has 0 unspecified atom stereocenters. The first-order valence-electron chi connectivity index (χ1n) is 10.8. The molecule has 0 spiro atoms. The Morgan fingerprint density at radius 3 is 1.60 bits per heavy atom. The molecule has 0 radical (unpaired) electrons. The van der Waals surface area contributed by atoms with Gasteiger partial charge >= 0.3 is 17.9 Å². The number of carbonyl (C=O) groups is 4. The van der Waals surface area contributed by atoms with Gasteiger partial charge in [0.15, 0.2) is 0 Å². The van der Waals surface area contributed by atoms with E-state index in [-0.39, 0.29) is 0 Å². The Kier molecular flexibility index (Phi) is 22.7. The number of hydrogen-bond donors (Lipinski definition) is 3. The van der Waals surface area contributed by atoms with Gasteiger partial charge in [-0.25, -0.2) is 4.79 Å². The molecule has 7 heteroatoms. The fourth-order valence-corrected chi connectivity index (χ4v) is 2.42. The van der Waals surface area contributed by atoms with Crippen molar-refractivity contribution in [2.75, 3.05) is 0 Å². The Morgan fingerprint density at radius 1 is 0.600 bits per heavy atom. The monoisotopic (exact) mass is 426 g/mol. The van der Waals surface area contributed by atoms with Gasteiger partial charge in [-0.15, -0.1) is 0 Å². The van der Waals surface area contributed by atoms with Crippen molar-refractivity contribution < 1.29 is 34.5 Å². The minimum absolute atomic E-state index is 0.324. The molecular formula is C23H38O7. The zero-order chi connectivity index (χ0) is 23.0. The number of aliphatic carboxylic acids is 3. The largest absolute Gasteiger partial charge is 0.481 e. The number of Topliss-reactive ketones (excluding diaryl/α,β-unsaturated/α-hetero) is 1. The molecule has 0 amide bonds. The number of carbonyl (C=O) groups excluding carboxylic acids is 1. The first-order valence-corrected chi connectivity index (χ1v) is 10.8. The van der Waals surface area contributed by atoms with Crippen molar-refractivity contribution in [2.45, 2.75) is 96.8 Å². The summed E-state index contributed by atoms with van der Waals surface area (Å²) in [7, 11) is 0. The molecule has 0 aromatic rings. The molecule has 0 heterocycles. The Morgan fingerprint density at radius 2 is 1.10 bits per heavy atom. The van der Waals surface area contributed by atoms with E-state index in [4.69, 9.17) is 15.3 Å². The second-order valence-electron chi connectivity index (χ2n) is 7.00. The lowest BCUT2D eigenvalue weighted by Crippen LogP contribution is -2.13. The van der Waals surface area contributed by atoms with Crippen molar-refractivity contribution >= 4 is 23.7 Å². The van der Waals surface area contributed by atoms with E-state index in [0.29, 0.717) is 6.42 Å². The van der Waals surface area contributed by atoms with Crippen molar-refractivity contribution in [1.82, 2.24) is 0 Å². The van der Waals surface area contributed by atoms with Crippen LogP contribution in [0.3, 0.4) is 0 Å². The normalized spacial score (nSPS) is 10.7. The van der Waals surface area contributed by atoms with Gasteiger partial charge in [0.2, 0.25) is 5.78 Å². The highest BCUT2D eigenvalue weighted by atomic mass is 16.4. The van der Waals surface area contributed by atoms with Crippen LogP contribution in [-0.2, 0) is 19.2 Å². The van der Waals surface area contributed by atoms with E-state index in [1.807, 2.05) is 0 Å². The summed E-state index contributed by atoms with van der Waals surface area (Å²) in [5.74, 6) is -4.49. The average Bonchev–Trinajstić information content (AvgIpc) is 2.69. The minimum Gasteiger partial charge on any atom is -0.481 e. The minimum atomic E-state index is -1.58. The topological polar surface area (TPSA) is 129 Å². The second-order valence-corrected chi connectivity index (χ2v) is 7.00. The highest BCUT2D eigenvalue weighted by Gasteiger charge is 2.12. The smallest absolute Gasteiger partial charge is 0.372 e. The molecule has 0 atom stereocenters. The highest BCUT2D eigenvalue weighted by Crippen LogP contribution is 2.08. The van der Waals surface area contributed by atoms with Crippen LogP contribution in [0.25, 0.3) is 0 Å². The number of unbranched alkanes of at least 4 members (excludes halogenated alkanes) is 8. The Balaban J connectivity index is 0. The quantitative estimate of drug-likeness (QED) is 0.152. The van der Waals surface area contributed by atoms with E-state index < -0.39 is 36.5 Å². The molecule has 0 rings (SSSR count). The van der Waals surface area contributed by atoms with Crippen LogP contribution < -0.4 is 0 Å². The van der Waals surface area contributed by atoms with Crippen LogP contribution in [0.2, 0.25) is 0 Å². The molecule has 0 aromatic carbocycles. The molecule has 7 nitrogen and oxygen atoms in total. The summed E-state index contributed by atoms with van der Waals surface area (Å²) < 4.78 is 0. The molecule has 0 aromatic heterocycles. The third-order valence-electron chi connectivity index (χ3n) is 4.15. The van der Waals surface area contributed by atoms with Gasteiger partial charge in [0.1, 0.15) is 0 Å². The lowest BCUT2D eigenvalue weighted by atomic mass is 10.1. The third kappa shape index (κ3) is 27.8. The summed E-state index contributed by atoms with van der Waals surface area (Å²) in [6.07, 6.45) is 21.4. The highest BCUT2D eigenvalue weighted by molar-refractivity contribution is 6.32. The van der Waals surface area contributed by atoms with E-state index in [1.54, 1.807) is 0 Å². The summed E-state index contributed by atoms with van der Waals surface area (Å²) in [4.78, 5) is 40.1. The molecule has 0 saturated heterocycles. The summed E-state index contributed by atoms with van der Waals surface area (Å²) in [6, 6.07) is 0. The van der Waals surface area contributed by atoms with Gasteiger partial charge in [-0.2, -0.15) is 0 Å². The van der Waals surface area contributed by atoms with E-state index in [9.17, 15) is 19.2 Å². The molecular weight excluding hydrogens is 388 g/mol. The summed E-state index contributed by atoms with van der Waals surface area (Å²) >= 11 is 0. The van der Waals surface area contributed by atoms with E-state index in [1.165, 1.54) is 44.9 Å². The zero-order valence-corrected chi connectivity index (χ0v) is 18.2. The van der Waals surface area contributed by atoms with Crippen molar-refractivity contribution in [3.63, 3.8) is 0 Å². The van der Waals surface area contributed by atoms with E-state index in [0.717, 1.165) is 25.7 Å². The number of carboxylic acids is 3. The van der Waals surface area contributed by atoms with Crippen LogP contribution in [-0.4, -0.2) is 39.0 Å². The van der Waals surface area contributed by atoms with Gasteiger partial charge in [-0.1, -0.05) is 63.3 Å².